The molecular formula is C15H22N4. The lowest BCUT2D eigenvalue weighted by Gasteiger charge is -2.23. The minimum Gasteiger partial charge on any atom is -0.316 e. The molecule has 19 heavy (non-hydrogen) atoms. The highest BCUT2D eigenvalue weighted by atomic mass is 15.3. The summed E-state index contributed by atoms with van der Waals surface area (Å²) in [6.07, 6.45) is 5.42. The molecule has 1 aliphatic heterocycles. The van der Waals surface area contributed by atoms with Crippen molar-refractivity contribution in [2.24, 2.45) is 5.92 Å². The zero-order valence-corrected chi connectivity index (χ0v) is 11.8. The van der Waals surface area contributed by atoms with E-state index < -0.39 is 0 Å². The number of piperidine rings is 1. The summed E-state index contributed by atoms with van der Waals surface area (Å²) in [6.45, 7) is 6.65. The van der Waals surface area contributed by atoms with E-state index in [0.29, 0.717) is 11.8 Å². The predicted octanol–water partition coefficient (Wildman–Crippen LogP) is 2.39. The first-order valence-electron chi connectivity index (χ1n) is 7.28. The number of aromatic nitrogens is 3. The number of fused-ring (bicyclic) bond motifs is 1. The van der Waals surface area contributed by atoms with E-state index in [1.807, 2.05) is 6.20 Å². The molecule has 1 N–H and O–H groups in total. The third-order valence-electron chi connectivity index (χ3n) is 3.77. The molecule has 0 spiro atoms. The van der Waals surface area contributed by atoms with Gasteiger partial charge in [0.2, 0.25) is 0 Å². The second-order valence-electron chi connectivity index (χ2n) is 5.92. The van der Waals surface area contributed by atoms with Crippen molar-refractivity contribution in [3.05, 3.63) is 29.7 Å². The molecule has 4 nitrogen and oxygen atoms in total. The maximum Gasteiger partial charge on any atom is 0.155 e. The van der Waals surface area contributed by atoms with Gasteiger partial charge in [0.1, 0.15) is 0 Å². The van der Waals surface area contributed by atoms with Gasteiger partial charge in [0.05, 0.1) is 11.4 Å². The Hall–Kier alpha value is -1.42. The molecule has 3 heterocycles. The van der Waals surface area contributed by atoms with Gasteiger partial charge in [-0.15, -0.1) is 0 Å². The van der Waals surface area contributed by atoms with Gasteiger partial charge >= 0.3 is 0 Å². The van der Waals surface area contributed by atoms with Gasteiger partial charge in [0.25, 0.3) is 0 Å². The molecule has 2 aromatic rings. The van der Waals surface area contributed by atoms with Gasteiger partial charge in [0, 0.05) is 24.7 Å². The normalized spacial score (nSPS) is 20.3. The van der Waals surface area contributed by atoms with E-state index >= 15 is 0 Å². The molecule has 0 aliphatic carbocycles. The summed E-state index contributed by atoms with van der Waals surface area (Å²) < 4.78 is 2.05. The van der Waals surface area contributed by atoms with Gasteiger partial charge in [-0.2, -0.15) is 5.10 Å². The first-order valence-corrected chi connectivity index (χ1v) is 7.28. The predicted molar refractivity (Wildman–Crippen MR) is 76.4 cm³/mol. The van der Waals surface area contributed by atoms with Crippen molar-refractivity contribution in [1.82, 2.24) is 19.9 Å². The molecular weight excluding hydrogens is 236 g/mol. The minimum absolute atomic E-state index is 0.561. The summed E-state index contributed by atoms with van der Waals surface area (Å²) in [5.74, 6) is 1.19. The number of nitrogens with zero attached hydrogens (tertiary/aromatic N) is 3. The Bertz CT molecular complexity index is 552. The second-order valence-corrected chi connectivity index (χ2v) is 5.92. The molecule has 2 aromatic heterocycles. The summed E-state index contributed by atoms with van der Waals surface area (Å²) in [4.78, 5) is 4.44. The monoisotopic (exact) mass is 258 g/mol. The molecule has 0 amide bonds. The average molecular weight is 258 g/mol. The summed E-state index contributed by atoms with van der Waals surface area (Å²) >= 11 is 0. The van der Waals surface area contributed by atoms with Crippen LogP contribution in [0.3, 0.4) is 0 Å². The van der Waals surface area contributed by atoms with E-state index in [0.717, 1.165) is 30.9 Å². The highest BCUT2D eigenvalue weighted by Crippen LogP contribution is 2.23. The van der Waals surface area contributed by atoms with Crippen LogP contribution in [0.4, 0.5) is 0 Å². The van der Waals surface area contributed by atoms with Gasteiger partial charge in [0.15, 0.2) is 5.65 Å². The van der Waals surface area contributed by atoms with Crippen LogP contribution in [-0.2, 0) is 6.42 Å². The number of rotatable bonds is 3. The molecule has 0 aromatic carbocycles. The first kappa shape index (κ1) is 12.6. The lowest BCUT2D eigenvalue weighted by atomic mass is 9.96. The van der Waals surface area contributed by atoms with Crippen LogP contribution in [0.25, 0.3) is 5.65 Å². The van der Waals surface area contributed by atoms with Crippen LogP contribution in [0, 0.1) is 5.92 Å². The van der Waals surface area contributed by atoms with Gasteiger partial charge in [-0.3, -0.25) is 0 Å². The Morgan fingerprint density at radius 1 is 1.47 bits per heavy atom. The number of nitrogens with one attached hydrogen (secondary N) is 1. The SMILES string of the molecule is CC(C)Cc1cc2nccc(C3CCCNC3)n2n1. The summed E-state index contributed by atoms with van der Waals surface area (Å²) in [7, 11) is 0. The van der Waals surface area contributed by atoms with Crippen LogP contribution in [-0.4, -0.2) is 27.7 Å². The van der Waals surface area contributed by atoms with E-state index in [9.17, 15) is 0 Å². The molecule has 4 heteroatoms. The zero-order valence-electron chi connectivity index (χ0n) is 11.8. The van der Waals surface area contributed by atoms with Crippen molar-refractivity contribution in [3.63, 3.8) is 0 Å². The zero-order chi connectivity index (χ0) is 13.2. The fourth-order valence-electron chi connectivity index (χ4n) is 2.89. The highest BCUT2D eigenvalue weighted by molar-refractivity contribution is 5.41. The Balaban J connectivity index is 1.97. The smallest absolute Gasteiger partial charge is 0.155 e. The lowest BCUT2D eigenvalue weighted by molar-refractivity contribution is 0.447. The summed E-state index contributed by atoms with van der Waals surface area (Å²) in [5, 5.41) is 8.23. The second kappa shape index (κ2) is 5.29. The number of hydrogen-bond acceptors (Lipinski definition) is 3. The summed E-state index contributed by atoms with van der Waals surface area (Å²) in [6, 6.07) is 4.25. The first-order chi connectivity index (χ1) is 9.24. The van der Waals surface area contributed by atoms with Crippen molar-refractivity contribution < 1.29 is 0 Å². The maximum atomic E-state index is 4.75. The van der Waals surface area contributed by atoms with E-state index in [4.69, 9.17) is 5.10 Å². The van der Waals surface area contributed by atoms with Crippen molar-refractivity contribution in [3.8, 4) is 0 Å². The van der Waals surface area contributed by atoms with Crippen LogP contribution < -0.4 is 5.32 Å². The standard InChI is InChI=1S/C15H22N4/c1-11(2)8-13-9-15-17-7-5-14(19(15)18-13)12-4-3-6-16-10-12/h5,7,9,11-12,16H,3-4,6,8,10H2,1-2H3. The molecule has 1 fully saturated rings. The molecule has 102 valence electrons. The molecule has 1 atom stereocenters. The van der Waals surface area contributed by atoms with Crippen molar-refractivity contribution >= 4 is 5.65 Å². The van der Waals surface area contributed by atoms with E-state index in [2.05, 4.69) is 40.8 Å². The third-order valence-corrected chi connectivity index (χ3v) is 3.77. The van der Waals surface area contributed by atoms with E-state index in [1.165, 1.54) is 18.5 Å². The van der Waals surface area contributed by atoms with Crippen LogP contribution in [0.2, 0.25) is 0 Å². The Morgan fingerprint density at radius 2 is 2.37 bits per heavy atom. The summed E-state index contributed by atoms with van der Waals surface area (Å²) in [5.41, 5.74) is 3.43. The Labute approximate surface area is 114 Å². The van der Waals surface area contributed by atoms with Gasteiger partial charge in [-0.1, -0.05) is 13.8 Å². The molecule has 1 saturated heterocycles. The average Bonchev–Trinajstić information content (AvgIpc) is 2.80. The molecule has 0 bridgehead atoms. The van der Waals surface area contributed by atoms with Crippen LogP contribution >= 0.6 is 0 Å². The third kappa shape index (κ3) is 2.63. The molecule has 3 rings (SSSR count). The van der Waals surface area contributed by atoms with Crippen molar-refractivity contribution in [2.75, 3.05) is 13.1 Å². The maximum absolute atomic E-state index is 4.75. The largest absolute Gasteiger partial charge is 0.316 e. The van der Waals surface area contributed by atoms with Crippen LogP contribution in [0.1, 0.15) is 44.0 Å². The molecule has 0 saturated carbocycles. The number of hydrogen-bond donors (Lipinski definition) is 1. The van der Waals surface area contributed by atoms with Crippen LogP contribution in [0.15, 0.2) is 18.3 Å². The fraction of sp³-hybridized carbons (Fsp3) is 0.600. The molecule has 1 unspecified atom stereocenters. The Kier molecular flexibility index (Phi) is 3.51. The van der Waals surface area contributed by atoms with Crippen LogP contribution in [0.5, 0.6) is 0 Å². The van der Waals surface area contributed by atoms with Gasteiger partial charge in [-0.25, -0.2) is 9.50 Å². The fourth-order valence-corrected chi connectivity index (χ4v) is 2.89. The molecule has 1 aliphatic rings. The van der Waals surface area contributed by atoms with Gasteiger partial charge in [-0.05, 0) is 37.8 Å². The van der Waals surface area contributed by atoms with E-state index in [-0.39, 0.29) is 0 Å². The van der Waals surface area contributed by atoms with E-state index in [1.54, 1.807) is 0 Å². The molecule has 0 radical (unpaired) electrons. The van der Waals surface area contributed by atoms with Crippen molar-refractivity contribution in [2.45, 2.75) is 39.0 Å². The highest BCUT2D eigenvalue weighted by Gasteiger charge is 2.19. The lowest BCUT2D eigenvalue weighted by Crippen LogP contribution is -2.29. The topological polar surface area (TPSA) is 42.2 Å². The minimum atomic E-state index is 0.561. The Morgan fingerprint density at radius 3 is 3.11 bits per heavy atom. The van der Waals surface area contributed by atoms with Crippen molar-refractivity contribution in [1.29, 1.82) is 0 Å². The quantitative estimate of drug-likeness (QED) is 0.919. The van der Waals surface area contributed by atoms with Gasteiger partial charge < -0.3 is 5.32 Å².